The molecule has 0 bridgehead atoms. The number of hydrogen-bond acceptors (Lipinski definition) is 5. The van der Waals surface area contributed by atoms with Gasteiger partial charge in [0.05, 0.1) is 17.0 Å². The molecule has 1 N–H and O–H groups in total. The first-order valence-electron chi connectivity index (χ1n) is 9.89. The lowest BCUT2D eigenvalue weighted by molar-refractivity contribution is 0.0943. The normalized spacial score (nSPS) is 12.1. The van der Waals surface area contributed by atoms with E-state index in [1.54, 1.807) is 18.4 Å². The maximum Gasteiger partial charge on any atom is 0.332 e. The van der Waals surface area contributed by atoms with E-state index in [-0.39, 0.29) is 28.5 Å². The molecule has 3 heterocycles. The number of pyridine rings is 1. The van der Waals surface area contributed by atoms with E-state index in [2.05, 4.69) is 29.4 Å². The molecule has 1 atom stereocenters. The van der Waals surface area contributed by atoms with Crippen LogP contribution in [0.15, 0.2) is 63.6 Å². The van der Waals surface area contributed by atoms with Crippen LogP contribution in [0.1, 0.15) is 39.3 Å². The molecular weight excluding hydrogens is 412 g/mol. The molecule has 7 nitrogen and oxygen atoms in total. The summed E-state index contributed by atoms with van der Waals surface area (Å²) >= 11 is 1.56. The maximum atomic E-state index is 13.1. The van der Waals surface area contributed by atoms with Gasteiger partial charge >= 0.3 is 5.69 Å². The number of hydrogen-bond donors (Lipinski definition) is 1. The average Bonchev–Trinajstić information content (AvgIpc) is 3.34. The average molecular weight is 435 g/mol. The van der Waals surface area contributed by atoms with Crippen molar-refractivity contribution in [3.05, 3.63) is 96.4 Å². The fourth-order valence-electron chi connectivity index (χ4n) is 3.52. The summed E-state index contributed by atoms with van der Waals surface area (Å²) in [6.45, 7) is 2.10. The van der Waals surface area contributed by atoms with Gasteiger partial charge in [0, 0.05) is 25.2 Å². The van der Waals surface area contributed by atoms with Crippen molar-refractivity contribution >= 4 is 28.3 Å². The molecule has 3 aromatic heterocycles. The zero-order valence-corrected chi connectivity index (χ0v) is 18.3. The second kappa shape index (κ2) is 8.31. The Kier molecular flexibility index (Phi) is 5.56. The number of aromatic nitrogens is 3. The molecule has 0 saturated carbocycles. The van der Waals surface area contributed by atoms with Crippen molar-refractivity contribution in [2.24, 2.45) is 14.1 Å². The topological polar surface area (TPSA) is 86.0 Å². The van der Waals surface area contributed by atoms with Crippen LogP contribution in [0.3, 0.4) is 0 Å². The Labute approximate surface area is 182 Å². The number of carbonyl (C=O) groups excluding carboxylic acids is 1. The standard InChI is InChI=1S/C23H22N4O3S/c1-4-14-7-9-15(10-8-14)19(18-6-5-11-31-18)25-21(28)16-12-17-20(24-13-16)26(2)23(30)27(3)22(17)29/h5-13,19H,4H2,1-3H3,(H,25,28)/t19-/m1/s1. The van der Waals surface area contributed by atoms with E-state index in [1.165, 1.54) is 29.4 Å². The number of nitrogens with zero attached hydrogens (tertiary/aromatic N) is 3. The van der Waals surface area contributed by atoms with Gasteiger partial charge in [0.2, 0.25) is 0 Å². The Bertz CT molecular complexity index is 1370. The molecule has 0 fully saturated rings. The highest BCUT2D eigenvalue weighted by molar-refractivity contribution is 7.10. The van der Waals surface area contributed by atoms with Crippen LogP contribution < -0.4 is 16.6 Å². The van der Waals surface area contributed by atoms with E-state index in [0.29, 0.717) is 0 Å². The van der Waals surface area contributed by atoms with Gasteiger partial charge in [-0.15, -0.1) is 11.3 Å². The van der Waals surface area contributed by atoms with Gasteiger partial charge in [0.25, 0.3) is 11.5 Å². The summed E-state index contributed by atoms with van der Waals surface area (Å²) in [4.78, 5) is 43.0. The van der Waals surface area contributed by atoms with E-state index < -0.39 is 11.2 Å². The van der Waals surface area contributed by atoms with Crippen LogP contribution in [0.2, 0.25) is 0 Å². The van der Waals surface area contributed by atoms with Crippen molar-refractivity contribution in [2.45, 2.75) is 19.4 Å². The van der Waals surface area contributed by atoms with E-state index >= 15 is 0 Å². The number of aryl methyl sites for hydroxylation is 2. The van der Waals surface area contributed by atoms with Crippen molar-refractivity contribution in [3.8, 4) is 0 Å². The number of nitrogens with one attached hydrogen (secondary N) is 1. The van der Waals surface area contributed by atoms with Crippen molar-refractivity contribution in [1.29, 1.82) is 0 Å². The molecule has 8 heteroatoms. The smallest absolute Gasteiger partial charge is 0.332 e. The molecule has 1 aromatic carbocycles. The Morgan fingerprint density at radius 3 is 2.52 bits per heavy atom. The Morgan fingerprint density at radius 2 is 1.87 bits per heavy atom. The lowest BCUT2D eigenvalue weighted by atomic mass is 10.0. The summed E-state index contributed by atoms with van der Waals surface area (Å²) in [6, 6.07) is 13.3. The summed E-state index contributed by atoms with van der Waals surface area (Å²) in [6.07, 6.45) is 2.33. The first-order valence-corrected chi connectivity index (χ1v) is 10.8. The summed E-state index contributed by atoms with van der Waals surface area (Å²) in [5, 5.41) is 5.26. The van der Waals surface area contributed by atoms with Gasteiger partial charge in [0.15, 0.2) is 0 Å². The molecule has 1 amide bonds. The number of rotatable bonds is 5. The van der Waals surface area contributed by atoms with Crippen LogP contribution in [0.4, 0.5) is 0 Å². The van der Waals surface area contributed by atoms with E-state index in [1.807, 2.05) is 29.6 Å². The van der Waals surface area contributed by atoms with Crippen molar-refractivity contribution in [2.75, 3.05) is 0 Å². The summed E-state index contributed by atoms with van der Waals surface area (Å²) in [7, 11) is 2.95. The number of thiophene rings is 1. The molecule has 0 aliphatic rings. The van der Waals surface area contributed by atoms with Crippen LogP contribution >= 0.6 is 11.3 Å². The van der Waals surface area contributed by atoms with Crippen LogP contribution in [0.5, 0.6) is 0 Å². The van der Waals surface area contributed by atoms with E-state index in [9.17, 15) is 14.4 Å². The first kappa shape index (κ1) is 20.7. The second-order valence-corrected chi connectivity index (χ2v) is 8.30. The summed E-state index contributed by atoms with van der Waals surface area (Å²) < 4.78 is 2.30. The molecular formula is C23H22N4O3S. The third-order valence-corrected chi connectivity index (χ3v) is 6.32. The lowest BCUT2D eigenvalue weighted by Gasteiger charge is -2.19. The minimum atomic E-state index is -0.481. The molecule has 0 saturated heterocycles. The zero-order valence-electron chi connectivity index (χ0n) is 17.5. The largest absolute Gasteiger partial charge is 0.340 e. The molecule has 31 heavy (non-hydrogen) atoms. The predicted molar refractivity (Wildman–Crippen MR) is 122 cm³/mol. The molecule has 0 spiro atoms. The van der Waals surface area contributed by atoms with Crippen molar-refractivity contribution < 1.29 is 4.79 Å². The highest BCUT2D eigenvalue weighted by Crippen LogP contribution is 2.27. The third-order valence-electron chi connectivity index (χ3n) is 5.38. The predicted octanol–water partition coefficient (Wildman–Crippen LogP) is 2.78. The number of carbonyl (C=O) groups is 1. The van der Waals surface area contributed by atoms with Gasteiger partial charge < -0.3 is 5.32 Å². The SMILES string of the molecule is CCc1ccc([C@@H](NC(=O)c2cnc3c(c2)c(=O)n(C)c(=O)n3C)c2cccs2)cc1. The highest BCUT2D eigenvalue weighted by Gasteiger charge is 2.20. The third kappa shape index (κ3) is 3.82. The maximum absolute atomic E-state index is 13.1. The van der Waals surface area contributed by atoms with Crippen molar-refractivity contribution in [1.82, 2.24) is 19.4 Å². The molecule has 4 aromatic rings. The Balaban J connectivity index is 1.73. The highest BCUT2D eigenvalue weighted by atomic mass is 32.1. The second-order valence-electron chi connectivity index (χ2n) is 7.32. The zero-order chi connectivity index (χ0) is 22.1. The van der Waals surface area contributed by atoms with Gasteiger partial charge in [-0.1, -0.05) is 37.3 Å². The number of fused-ring (bicyclic) bond motifs is 1. The van der Waals surface area contributed by atoms with Crippen LogP contribution in [-0.4, -0.2) is 20.0 Å². The van der Waals surface area contributed by atoms with Crippen LogP contribution in [-0.2, 0) is 20.5 Å². The first-order chi connectivity index (χ1) is 14.9. The molecule has 0 radical (unpaired) electrons. The number of benzene rings is 1. The summed E-state index contributed by atoms with van der Waals surface area (Å²) in [5.74, 6) is -0.344. The van der Waals surface area contributed by atoms with Gasteiger partial charge in [-0.2, -0.15) is 0 Å². The molecule has 158 valence electrons. The van der Waals surface area contributed by atoms with Crippen LogP contribution in [0, 0.1) is 0 Å². The lowest BCUT2D eigenvalue weighted by Crippen LogP contribution is -2.37. The van der Waals surface area contributed by atoms with Crippen LogP contribution in [0.25, 0.3) is 11.0 Å². The number of amides is 1. The summed E-state index contributed by atoms with van der Waals surface area (Å²) in [5.41, 5.74) is 1.76. The minimum absolute atomic E-state index is 0.220. The monoisotopic (exact) mass is 434 g/mol. The van der Waals surface area contributed by atoms with Crippen molar-refractivity contribution in [3.63, 3.8) is 0 Å². The van der Waals surface area contributed by atoms with Gasteiger partial charge in [-0.05, 0) is 35.1 Å². The Morgan fingerprint density at radius 1 is 1.13 bits per heavy atom. The van der Waals surface area contributed by atoms with E-state index in [4.69, 9.17) is 0 Å². The molecule has 0 unspecified atom stereocenters. The van der Waals surface area contributed by atoms with E-state index in [0.717, 1.165) is 21.4 Å². The minimum Gasteiger partial charge on any atom is -0.340 e. The quantitative estimate of drug-likeness (QED) is 0.523. The van der Waals surface area contributed by atoms with Gasteiger partial charge in [-0.3, -0.25) is 18.7 Å². The molecule has 0 aliphatic heterocycles. The Hall–Kier alpha value is -3.52. The molecule has 4 rings (SSSR count). The van der Waals surface area contributed by atoms with Gasteiger partial charge in [0.1, 0.15) is 5.65 Å². The fourth-order valence-corrected chi connectivity index (χ4v) is 4.33. The fraction of sp³-hybridized carbons (Fsp3) is 0.217. The molecule has 0 aliphatic carbocycles. The van der Waals surface area contributed by atoms with Gasteiger partial charge in [-0.25, -0.2) is 9.78 Å².